The van der Waals surface area contributed by atoms with Crippen molar-refractivity contribution in [1.29, 1.82) is 0 Å². The second-order valence-corrected chi connectivity index (χ2v) is 11.1. The molecule has 3 N–H and O–H groups in total. The molecule has 0 bridgehead atoms. The summed E-state index contributed by atoms with van der Waals surface area (Å²) in [6.07, 6.45) is 5.38. The molecular weight excluding hydrogens is 500 g/mol. The minimum absolute atomic E-state index is 0.0527. The first-order chi connectivity index (χ1) is 17.3. The molecule has 0 radical (unpaired) electrons. The maximum atomic E-state index is 13.5. The first kappa shape index (κ1) is 24.1. The number of nitrogens with one attached hydrogen (secondary N) is 2. The molecule has 10 heteroatoms. The zero-order valence-electron chi connectivity index (χ0n) is 19.3. The van der Waals surface area contributed by atoms with Gasteiger partial charge in [-0.15, -0.1) is 0 Å². The Balaban J connectivity index is 1.52. The summed E-state index contributed by atoms with van der Waals surface area (Å²) in [6.45, 7) is 0. The Morgan fingerprint density at radius 3 is 2.53 bits per heavy atom. The molecule has 1 aliphatic rings. The van der Waals surface area contributed by atoms with Crippen LogP contribution in [0.15, 0.2) is 78.0 Å². The summed E-state index contributed by atoms with van der Waals surface area (Å²) in [5.74, 6) is 0.595. The minimum Gasteiger partial charge on any atom is -0.465 e. The van der Waals surface area contributed by atoms with Gasteiger partial charge in [0.05, 0.1) is 15.4 Å². The van der Waals surface area contributed by atoms with Crippen LogP contribution in [0.5, 0.6) is 0 Å². The number of fused-ring (bicyclic) bond motifs is 1. The highest BCUT2D eigenvalue weighted by atomic mass is 35.5. The summed E-state index contributed by atoms with van der Waals surface area (Å²) < 4.78 is 28.2. The van der Waals surface area contributed by atoms with E-state index in [4.69, 9.17) is 16.7 Å². The van der Waals surface area contributed by atoms with Crippen LogP contribution >= 0.6 is 11.6 Å². The average molecular weight is 525 g/mol. The lowest BCUT2D eigenvalue weighted by atomic mass is 9.91. The summed E-state index contributed by atoms with van der Waals surface area (Å²) in [4.78, 5) is 15.7. The number of carboxylic acid groups (broad SMARTS) is 1. The summed E-state index contributed by atoms with van der Waals surface area (Å²) in [7, 11) is -3.83. The van der Waals surface area contributed by atoms with Crippen molar-refractivity contribution in [2.45, 2.75) is 42.7 Å². The molecule has 1 saturated carbocycles. The van der Waals surface area contributed by atoms with Crippen molar-refractivity contribution >= 4 is 44.4 Å². The van der Waals surface area contributed by atoms with Crippen LogP contribution in [-0.2, 0) is 10.0 Å². The van der Waals surface area contributed by atoms with Crippen LogP contribution in [0.4, 0.5) is 10.6 Å². The van der Waals surface area contributed by atoms with Gasteiger partial charge in [-0.3, -0.25) is 0 Å². The number of hydrogen-bond acceptors (Lipinski definition) is 5. The molecule has 1 fully saturated rings. The number of para-hydroxylation sites is 1. The number of anilines is 1. The van der Waals surface area contributed by atoms with E-state index in [9.17, 15) is 13.2 Å². The number of rotatable bonds is 6. The van der Waals surface area contributed by atoms with Gasteiger partial charge in [-0.25, -0.2) is 22.2 Å². The lowest BCUT2D eigenvalue weighted by molar-refractivity contribution is 0.185. The van der Waals surface area contributed by atoms with Gasteiger partial charge in [-0.1, -0.05) is 48.0 Å². The standard InChI is InChI=1S/C26H25ClN4O4S/c27-23-15-28-25(29-17-7-6-8-18(13-17)30-26(32)33)14-21(23)22-16-31(24-12-5-4-11-20(22)24)36(34,35)19-9-2-1-3-10-19/h1-5,9-12,14-18,30H,6-8,13H2,(H,28,29)(H,32,33)/t17-,18+/m1/s1. The number of amides is 1. The maximum absolute atomic E-state index is 13.5. The van der Waals surface area contributed by atoms with Gasteiger partial charge in [0.2, 0.25) is 0 Å². The van der Waals surface area contributed by atoms with Gasteiger partial charge in [-0.05, 0) is 49.9 Å². The molecule has 0 unspecified atom stereocenters. The monoisotopic (exact) mass is 524 g/mol. The number of benzene rings is 2. The zero-order chi connectivity index (χ0) is 25.3. The maximum Gasteiger partial charge on any atom is 0.404 e. The number of nitrogens with zero attached hydrogens (tertiary/aromatic N) is 2. The van der Waals surface area contributed by atoms with Crippen LogP contribution in [-0.4, -0.2) is 40.7 Å². The fraction of sp³-hybridized carbons (Fsp3) is 0.231. The normalized spacial score (nSPS) is 18.1. The summed E-state index contributed by atoms with van der Waals surface area (Å²) in [5, 5.41) is 16.2. The molecule has 2 atom stereocenters. The van der Waals surface area contributed by atoms with E-state index in [2.05, 4.69) is 15.6 Å². The van der Waals surface area contributed by atoms with Crippen LogP contribution in [0, 0.1) is 0 Å². The molecule has 186 valence electrons. The molecule has 1 amide bonds. The Morgan fingerprint density at radius 2 is 1.75 bits per heavy atom. The van der Waals surface area contributed by atoms with E-state index in [-0.39, 0.29) is 17.0 Å². The van der Waals surface area contributed by atoms with Gasteiger partial charge in [-0.2, -0.15) is 0 Å². The highest BCUT2D eigenvalue weighted by Gasteiger charge is 2.25. The highest BCUT2D eigenvalue weighted by molar-refractivity contribution is 7.90. The van der Waals surface area contributed by atoms with Crippen LogP contribution < -0.4 is 10.6 Å². The van der Waals surface area contributed by atoms with Crippen molar-refractivity contribution < 1.29 is 18.3 Å². The predicted molar refractivity (Wildman–Crippen MR) is 140 cm³/mol. The third-order valence-electron chi connectivity index (χ3n) is 6.48. The number of pyridine rings is 1. The van der Waals surface area contributed by atoms with Crippen molar-refractivity contribution in [3.8, 4) is 11.1 Å². The van der Waals surface area contributed by atoms with E-state index in [0.29, 0.717) is 33.9 Å². The molecule has 0 aliphatic heterocycles. The average Bonchev–Trinajstić information content (AvgIpc) is 3.26. The second kappa shape index (κ2) is 9.83. The lowest BCUT2D eigenvalue weighted by Crippen LogP contribution is -2.41. The predicted octanol–water partition coefficient (Wildman–Crippen LogP) is 5.58. The SMILES string of the molecule is O=C(O)N[C@H]1CCC[C@@H](Nc2cc(-c3cn(S(=O)(=O)c4ccccc4)c4ccccc34)c(Cl)cn2)C1. The van der Waals surface area contributed by atoms with Gasteiger partial charge in [0.25, 0.3) is 10.0 Å². The van der Waals surface area contributed by atoms with Gasteiger partial charge >= 0.3 is 6.09 Å². The quantitative estimate of drug-likeness (QED) is 0.303. The molecule has 5 rings (SSSR count). The Bertz CT molecular complexity index is 1520. The van der Waals surface area contributed by atoms with Gasteiger partial charge in [0, 0.05) is 41.0 Å². The Morgan fingerprint density at radius 1 is 1.03 bits per heavy atom. The molecule has 2 aromatic carbocycles. The molecule has 8 nitrogen and oxygen atoms in total. The number of halogens is 1. The van der Waals surface area contributed by atoms with Crippen molar-refractivity contribution in [3.05, 3.63) is 78.1 Å². The van der Waals surface area contributed by atoms with Crippen LogP contribution in [0.3, 0.4) is 0 Å². The van der Waals surface area contributed by atoms with E-state index in [1.54, 1.807) is 54.9 Å². The van der Waals surface area contributed by atoms with Crippen molar-refractivity contribution in [1.82, 2.24) is 14.3 Å². The second-order valence-electron chi connectivity index (χ2n) is 8.88. The van der Waals surface area contributed by atoms with Gasteiger partial charge in [0.1, 0.15) is 5.82 Å². The summed E-state index contributed by atoms with van der Waals surface area (Å²) >= 11 is 6.57. The third-order valence-corrected chi connectivity index (χ3v) is 8.47. The van der Waals surface area contributed by atoms with Crippen LogP contribution in [0.25, 0.3) is 22.0 Å². The summed E-state index contributed by atoms with van der Waals surface area (Å²) in [6, 6.07) is 17.4. The van der Waals surface area contributed by atoms with Crippen LogP contribution in [0.1, 0.15) is 25.7 Å². The van der Waals surface area contributed by atoms with E-state index in [1.807, 2.05) is 18.2 Å². The van der Waals surface area contributed by atoms with E-state index in [1.165, 1.54) is 3.97 Å². The van der Waals surface area contributed by atoms with E-state index in [0.717, 1.165) is 24.6 Å². The zero-order valence-corrected chi connectivity index (χ0v) is 20.8. The molecule has 0 saturated heterocycles. The molecule has 1 aliphatic carbocycles. The van der Waals surface area contributed by atoms with E-state index < -0.39 is 16.1 Å². The first-order valence-electron chi connectivity index (χ1n) is 11.7. The van der Waals surface area contributed by atoms with E-state index >= 15 is 0 Å². The minimum atomic E-state index is -3.83. The van der Waals surface area contributed by atoms with Crippen molar-refractivity contribution in [2.75, 3.05) is 5.32 Å². The van der Waals surface area contributed by atoms with Crippen molar-refractivity contribution in [3.63, 3.8) is 0 Å². The Labute approximate surface area is 214 Å². The molecule has 2 heterocycles. The molecule has 0 spiro atoms. The Hall–Kier alpha value is -3.56. The smallest absolute Gasteiger partial charge is 0.404 e. The Kier molecular flexibility index (Phi) is 6.59. The number of aromatic nitrogens is 2. The van der Waals surface area contributed by atoms with Gasteiger partial charge in [0.15, 0.2) is 0 Å². The van der Waals surface area contributed by atoms with Crippen LogP contribution in [0.2, 0.25) is 5.02 Å². The van der Waals surface area contributed by atoms with Gasteiger partial charge < -0.3 is 15.7 Å². The fourth-order valence-corrected chi connectivity index (χ4v) is 6.42. The largest absolute Gasteiger partial charge is 0.465 e. The third kappa shape index (κ3) is 4.76. The van der Waals surface area contributed by atoms with Crippen molar-refractivity contribution in [2.24, 2.45) is 0 Å². The fourth-order valence-electron chi connectivity index (χ4n) is 4.83. The first-order valence-corrected chi connectivity index (χ1v) is 13.5. The molecule has 2 aromatic heterocycles. The molecule has 4 aromatic rings. The number of hydrogen-bond donors (Lipinski definition) is 3. The highest BCUT2D eigenvalue weighted by Crippen LogP contribution is 2.37. The lowest BCUT2D eigenvalue weighted by Gasteiger charge is -2.30. The molecular formula is C26H25ClN4O4S. The molecule has 36 heavy (non-hydrogen) atoms. The topological polar surface area (TPSA) is 113 Å². The number of carbonyl (C=O) groups is 1. The summed E-state index contributed by atoms with van der Waals surface area (Å²) in [5.41, 5.74) is 1.88.